The topological polar surface area (TPSA) is 77.8 Å². The van der Waals surface area contributed by atoms with Gasteiger partial charge in [0, 0.05) is 6.00 Å². The molecule has 0 aromatic rings. The smallest absolute Gasteiger partial charge is 0.382 e. The van der Waals surface area contributed by atoms with Crippen LogP contribution in [0.3, 0.4) is 0 Å². The molecule has 0 aliphatic carbocycles. The van der Waals surface area contributed by atoms with E-state index in [4.69, 9.17) is 23.6 Å². The second-order valence-corrected chi connectivity index (χ2v) is 6.41. The molecule has 0 amide bonds. The van der Waals surface area contributed by atoms with E-state index in [-0.39, 0.29) is 37.8 Å². The molecule has 1 fully saturated rings. The van der Waals surface area contributed by atoms with Gasteiger partial charge in [-0.2, -0.15) is 5.26 Å². The molecule has 1 saturated heterocycles. The molecule has 0 aromatic carbocycles. The van der Waals surface area contributed by atoms with Gasteiger partial charge in [0.1, 0.15) is 7.85 Å². The molecule has 0 spiro atoms. The zero-order chi connectivity index (χ0) is 14.3. The minimum absolute atomic E-state index is 0.0302. The highest BCUT2D eigenvalue weighted by Gasteiger charge is 2.31. The molecule has 1 heterocycles. The summed E-state index contributed by atoms with van der Waals surface area (Å²) in [7, 11) is -1.61. The van der Waals surface area contributed by atoms with Crippen LogP contribution in [0.2, 0.25) is 0 Å². The van der Waals surface area contributed by atoms with Crippen molar-refractivity contribution in [1.82, 2.24) is 0 Å². The predicted octanol–water partition coefficient (Wildman–Crippen LogP) is 1.60. The molecule has 108 valence electrons. The molecule has 0 N–H and O–H groups in total. The van der Waals surface area contributed by atoms with Crippen molar-refractivity contribution >= 4 is 15.7 Å². The fraction of sp³-hybridized carbons (Fsp3) is 0.909. The van der Waals surface area contributed by atoms with Crippen molar-refractivity contribution in [1.29, 1.82) is 5.26 Å². The lowest BCUT2D eigenvalue weighted by molar-refractivity contribution is 0.0236. The van der Waals surface area contributed by atoms with Gasteiger partial charge in [-0.25, -0.2) is 4.57 Å². The summed E-state index contributed by atoms with van der Waals surface area (Å²) in [6.45, 7) is 3.71. The van der Waals surface area contributed by atoms with E-state index in [0.29, 0.717) is 0 Å². The predicted molar refractivity (Wildman–Crippen MR) is 72.4 cm³/mol. The Morgan fingerprint density at radius 1 is 1.47 bits per heavy atom. The summed E-state index contributed by atoms with van der Waals surface area (Å²) < 4.78 is 33.5. The van der Waals surface area contributed by atoms with E-state index >= 15 is 0 Å². The number of rotatable bonds is 8. The summed E-state index contributed by atoms with van der Waals surface area (Å²) in [5.41, 5.74) is 0. The molecule has 0 radical (unpaired) electrons. The quantitative estimate of drug-likeness (QED) is 0.384. The summed E-state index contributed by atoms with van der Waals surface area (Å²) in [6.07, 6.45) is 1.64. The van der Waals surface area contributed by atoms with Crippen LogP contribution in [-0.2, 0) is 22.9 Å². The van der Waals surface area contributed by atoms with E-state index in [1.807, 2.05) is 13.9 Å². The molecule has 6 nitrogen and oxygen atoms in total. The van der Waals surface area contributed by atoms with Crippen LogP contribution >= 0.6 is 7.82 Å². The lowest BCUT2D eigenvalue weighted by atomic mass is 9.97. The van der Waals surface area contributed by atoms with E-state index < -0.39 is 7.82 Å². The first kappa shape index (κ1) is 16.7. The minimum Gasteiger partial charge on any atom is -0.382 e. The van der Waals surface area contributed by atoms with Gasteiger partial charge in [-0.1, -0.05) is 0 Å². The number of hydrogen-bond donors (Lipinski definition) is 0. The second kappa shape index (κ2) is 8.03. The van der Waals surface area contributed by atoms with E-state index in [9.17, 15) is 4.57 Å². The normalized spacial score (nSPS) is 26.2. The van der Waals surface area contributed by atoms with Crippen molar-refractivity contribution in [3.63, 3.8) is 0 Å². The standard InChI is InChI=1S/C11H21BNO5P/c1-9(2)18-19(14,15-7-3-6-13)16-8-10-4-5-11(12)17-10/h9-11H,3-5,7-8,12H2,1-2H3/t10-,11+,19?/m0/s1. The largest absolute Gasteiger partial charge is 0.475 e. The van der Waals surface area contributed by atoms with Crippen molar-refractivity contribution in [3.8, 4) is 6.07 Å². The maximum Gasteiger partial charge on any atom is 0.475 e. The van der Waals surface area contributed by atoms with Gasteiger partial charge >= 0.3 is 7.82 Å². The van der Waals surface area contributed by atoms with Gasteiger partial charge in [-0.05, 0) is 26.7 Å². The lowest BCUT2D eigenvalue weighted by Gasteiger charge is -2.21. The van der Waals surface area contributed by atoms with Gasteiger partial charge in [-0.3, -0.25) is 13.6 Å². The Labute approximate surface area is 115 Å². The highest BCUT2D eigenvalue weighted by Crippen LogP contribution is 2.51. The second-order valence-electron chi connectivity index (χ2n) is 4.78. The van der Waals surface area contributed by atoms with Crippen molar-refractivity contribution < 1.29 is 22.9 Å². The van der Waals surface area contributed by atoms with Gasteiger partial charge in [0.15, 0.2) is 0 Å². The van der Waals surface area contributed by atoms with E-state index in [2.05, 4.69) is 0 Å². The SMILES string of the molecule is B[C@H]1CC[C@@H](COP(=O)(OCCC#N)OC(C)C)O1. The first-order valence-corrected chi connectivity index (χ1v) is 8.01. The van der Waals surface area contributed by atoms with Crippen LogP contribution < -0.4 is 0 Å². The summed E-state index contributed by atoms with van der Waals surface area (Å²) in [5.74, 6) is 0. The number of hydrogen-bond acceptors (Lipinski definition) is 6. The lowest BCUT2D eigenvalue weighted by Crippen LogP contribution is -2.18. The van der Waals surface area contributed by atoms with Crippen molar-refractivity contribution in [2.45, 2.75) is 51.3 Å². The van der Waals surface area contributed by atoms with Gasteiger partial charge in [0.05, 0.1) is 37.9 Å². The third-order valence-corrected chi connectivity index (χ3v) is 4.19. The van der Waals surface area contributed by atoms with Crippen LogP contribution in [-0.4, -0.2) is 39.3 Å². The van der Waals surface area contributed by atoms with Gasteiger partial charge in [-0.15, -0.1) is 0 Å². The van der Waals surface area contributed by atoms with E-state index in [0.717, 1.165) is 12.8 Å². The van der Waals surface area contributed by atoms with Crippen LogP contribution in [0.5, 0.6) is 0 Å². The Morgan fingerprint density at radius 3 is 2.74 bits per heavy atom. The molecule has 8 heteroatoms. The monoisotopic (exact) mass is 289 g/mol. The van der Waals surface area contributed by atoms with Crippen molar-refractivity contribution in [2.24, 2.45) is 0 Å². The Hall–Kier alpha value is -0.375. The van der Waals surface area contributed by atoms with Crippen LogP contribution in [0.4, 0.5) is 0 Å². The molecule has 0 bridgehead atoms. The highest BCUT2D eigenvalue weighted by atomic mass is 31.2. The minimum atomic E-state index is -3.61. The zero-order valence-electron chi connectivity index (χ0n) is 11.7. The molecule has 19 heavy (non-hydrogen) atoms. The van der Waals surface area contributed by atoms with Crippen LogP contribution in [0.15, 0.2) is 0 Å². The number of nitriles is 1. The molecule has 1 rings (SSSR count). The first-order chi connectivity index (χ1) is 8.95. The van der Waals surface area contributed by atoms with Crippen LogP contribution in [0, 0.1) is 11.3 Å². The number of ether oxygens (including phenoxy) is 1. The van der Waals surface area contributed by atoms with Gasteiger partial charge < -0.3 is 4.74 Å². The average molecular weight is 289 g/mol. The maximum atomic E-state index is 12.3. The summed E-state index contributed by atoms with van der Waals surface area (Å²) >= 11 is 0. The fourth-order valence-corrected chi connectivity index (χ4v) is 3.12. The molecule has 0 aromatic heterocycles. The number of phosphoric acid groups is 1. The molecule has 1 aliphatic rings. The van der Waals surface area contributed by atoms with Crippen LogP contribution in [0.1, 0.15) is 33.1 Å². The Balaban J connectivity index is 2.44. The van der Waals surface area contributed by atoms with Gasteiger partial charge in [0.25, 0.3) is 0 Å². The van der Waals surface area contributed by atoms with E-state index in [1.54, 1.807) is 13.8 Å². The number of phosphoric ester groups is 1. The molecular weight excluding hydrogens is 268 g/mol. The summed E-state index contributed by atoms with van der Waals surface area (Å²) in [4.78, 5) is 0. The zero-order valence-corrected chi connectivity index (χ0v) is 12.6. The van der Waals surface area contributed by atoms with Gasteiger partial charge in [0.2, 0.25) is 0 Å². The molecule has 0 saturated carbocycles. The highest BCUT2D eigenvalue weighted by molar-refractivity contribution is 7.48. The third-order valence-electron chi connectivity index (χ3n) is 2.54. The first-order valence-electron chi connectivity index (χ1n) is 6.55. The Kier molecular flexibility index (Phi) is 7.05. The molecule has 3 atom stereocenters. The van der Waals surface area contributed by atoms with E-state index in [1.165, 1.54) is 0 Å². The third kappa shape index (κ3) is 6.55. The summed E-state index contributed by atoms with van der Waals surface area (Å²) in [5, 5.41) is 8.46. The molecular formula is C11H21BNO5P. The average Bonchev–Trinajstić information content (AvgIpc) is 2.72. The molecule has 1 aliphatic heterocycles. The van der Waals surface area contributed by atoms with Crippen LogP contribution in [0.25, 0.3) is 0 Å². The summed E-state index contributed by atoms with van der Waals surface area (Å²) in [6, 6.07) is 2.12. The number of nitrogens with zero attached hydrogens (tertiary/aromatic N) is 1. The van der Waals surface area contributed by atoms with Crippen molar-refractivity contribution in [2.75, 3.05) is 13.2 Å². The Morgan fingerprint density at radius 2 is 2.21 bits per heavy atom. The van der Waals surface area contributed by atoms with Crippen molar-refractivity contribution in [3.05, 3.63) is 0 Å². The maximum absolute atomic E-state index is 12.3. The Bertz CT molecular complexity index is 359. The molecule has 1 unspecified atom stereocenters. The fourth-order valence-electron chi connectivity index (χ4n) is 1.74.